The Labute approximate surface area is 125 Å². The Morgan fingerprint density at radius 3 is 2.60 bits per heavy atom. The summed E-state index contributed by atoms with van der Waals surface area (Å²) in [6.45, 7) is 4.40. The quantitative estimate of drug-likeness (QED) is 0.824. The molecule has 1 unspecified atom stereocenters. The third-order valence-corrected chi connectivity index (χ3v) is 3.33. The number of ether oxygens (including phenoxy) is 1. The van der Waals surface area contributed by atoms with Crippen molar-refractivity contribution in [1.82, 2.24) is 5.32 Å². The number of benzene rings is 2. The molecule has 0 bridgehead atoms. The Morgan fingerprint density at radius 1 is 1.10 bits per heavy atom. The second-order valence-electron chi connectivity index (χ2n) is 4.65. The topological polar surface area (TPSA) is 21.3 Å². The first-order valence-electron chi connectivity index (χ1n) is 6.91. The molecule has 2 nitrogen and oxygen atoms in total. The van der Waals surface area contributed by atoms with Crippen molar-refractivity contribution in [3.05, 3.63) is 70.7 Å². The monoisotopic (exact) mass is 289 g/mol. The van der Waals surface area contributed by atoms with Gasteiger partial charge in [0.25, 0.3) is 0 Å². The van der Waals surface area contributed by atoms with E-state index in [4.69, 9.17) is 16.3 Å². The van der Waals surface area contributed by atoms with E-state index in [1.165, 1.54) is 5.56 Å². The molecule has 0 radical (unpaired) electrons. The molecule has 0 fully saturated rings. The SMILES string of the molecule is CCNCC(OCc1cccc(Cl)c1)c1ccccc1. The van der Waals surface area contributed by atoms with E-state index in [-0.39, 0.29) is 6.10 Å². The molecule has 0 aliphatic carbocycles. The maximum absolute atomic E-state index is 6.05. The molecular formula is C17H20ClNO. The molecule has 0 spiro atoms. The van der Waals surface area contributed by atoms with Gasteiger partial charge in [-0.15, -0.1) is 0 Å². The zero-order valence-corrected chi connectivity index (χ0v) is 12.4. The molecule has 0 saturated carbocycles. The summed E-state index contributed by atoms with van der Waals surface area (Å²) in [5.41, 5.74) is 2.28. The third-order valence-electron chi connectivity index (χ3n) is 3.09. The Hall–Kier alpha value is -1.35. The molecular weight excluding hydrogens is 270 g/mol. The van der Waals surface area contributed by atoms with Gasteiger partial charge in [-0.3, -0.25) is 0 Å². The molecule has 3 heteroatoms. The van der Waals surface area contributed by atoms with Crippen molar-refractivity contribution < 1.29 is 4.74 Å². The first kappa shape index (κ1) is 15.0. The standard InChI is InChI=1S/C17H20ClNO/c1-2-19-12-17(15-8-4-3-5-9-15)20-13-14-7-6-10-16(18)11-14/h3-11,17,19H,2,12-13H2,1H3. The summed E-state index contributed by atoms with van der Waals surface area (Å²) in [4.78, 5) is 0. The minimum Gasteiger partial charge on any atom is -0.368 e. The van der Waals surface area contributed by atoms with E-state index in [0.29, 0.717) is 6.61 Å². The first-order chi connectivity index (χ1) is 9.79. The Kier molecular flexibility index (Phi) is 6.06. The molecule has 106 valence electrons. The average Bonchev–Trinajstić information content (AvgIpc) is 2.48. The van der Waals surface area contributed by atoms with Crippen LogP contribution in [0.1, 0.15) is 24.2 Å². The second-order valence-corrected chi connectivity index (χ2v) is 5.08. The lowest BCUT2D eigenvalue weighted by molar-refractivity contribution is 0.0401. The Morgan fingerprint density at radius 2 is 1.90 bits per heavy atom. The predicted octanol–water partition coefficient (Wildman–Crippen LogP) is 4.21. The molecule has 1 atom stereocenters. The minimum absolute atomic E-state index is 0.0510. The van der Waals surface area contributed by atoms with Gasteiger partial charge in [0.1, 0.15) is 0 Å². The van der Waals surface area contributed by atoms with E-state index in [2.05, 4.69) is 24.4 Å². The number of hydrogen-bond acceptors (Lipinski definition) is 2. The highest BCUT2D eigenvalue weighted by Gasteiger charge is 2.11. The summed E-state index contributed by atoms with van der Waals surface area (Å²) in [5, 5.41) is 4.09. The van der Waals surface area contributed by atoms with E-state index >= 15 is 0 Å². The highest BCUT2D eigenvalue weighted by atomic mass is 35.5. The number of likely N-dealkylation sites (N-methyl/N-ethyl adjacent to an activating group) is 1. The fourth-order valence-corrected chi connectivity index (χ4v) is 2.25. The molecule has 0 aromatic heterocycles. The van der Waals surface area contributed by atoms with Gasteiger partial charge in [0, 0.05) is 11.6 Å². The molecule has 20 heavy (non-hydrogen) atoms. The second kappa shape index (κ2) is 8.05. The van der Waals surface area contributed by atoms with Crippen molar-refractivity contribution in [1.29, 1.82) is 0 Å². The molecule has 0 aliphatic heterocycles. The van der Waals surface area contributed by atoms with Crippen LogP contribution in [0.2, 0.25) is 5.02 Å². The van der Waals surface area contributed by atoms with Gasteiger partial charge < -0.3 is 10.1 Å². The molecule has 2 aromatic carbocycles. The zero-order valence-electron chi connectivity index (χ0n) is 11.7. The summed E-state index contributed by atoms with van der Waals surface area (Å²) in [7, 11) is 0. The van der Waals surface area contributed by atoms with Gasteiger partial charge >= 0.3 is 0 Å². The van der Waals surface area contributed by atoms with Crippen LogP contribution in [0.15, 0.2) is 54.6 Å². The molecule has 2 aromatic rings. The van der Waals surface area contributed by atoms with Crippen molar-refractivity contribution in [2.24, 2.45) is 0 Å². The van der Waals surface area contributed by atoms with Gasteiger partial charge in [0.05, 0.1) is 12.7 Å². The molecule has 0 aliphatic rings. The summed E-state index contributed by atoms with van der Waals surface area (Å²) in [6.07, 6.45) is 0.0510. The van der Waals surface area contributed by atoms with Crippen molar-refractivity contribution in [2.75, 3.05) is 13.1 Å². The summed E-state index contributed by atoms with van der Waals surface area (Å²) in [5.74, 6) is 0. The molecule has 0 amide bonds. The largest absolute Gasteiger partial charge is 0.368 e. The zero-order chi connectivity index (χ0) is 14.2. The lowest BCUT2D eigenvalue weighted by atomic mass is 10.1. The van der Waals surface area contributed by atoms with Gasteiger partial charge in [-0.2, -0.15) is 0 Å². The molecule has 0 heterocycles. The van der Waals surface area contributed by atoms with E-state index in [1.54, 1.807) is 0 Å². The van der Waals surface area contributed by atoms with Crippen LogP contribution >= 0.6 is 11.6 Å². The summed E-state index contributed by atoms with van der Waals surface area (Å²) >= 11 is 5.99. The molecule has 2 rings (SSSR count). The fourth-order valence-electron chi connectivity index (χ4n) is 2.04. The molecule has 0 saturated heterocycles. The normalized spacial score (nSPS) is 12.3. The van der Waals surface area contributed by atoms with Crippen LogP contribution in [0, 0.1) is 0 Å². The van der Waals surface area contributed by atoms with Crippen molar-refractivity contribution in [3.8, 4) is 0 Å². The highest BCUT2D eigenvalue weighted by Crippen LogP contribution is 2.19. The van der Waals surface area contributed by atoms with Gasteiger partial charge in [0.2, 0.25) is 0 Å². The first-order valence-corrected chi connectivity index (χ1v) is 7.29. The van der Waals surface area contributed by atoms with Crippen LogP contribution in [0.4, 0.5) is 0 Å². The van der Waals surface area contributed by atoms with Crippen LogP contribution < -0.4 is 5.32 Å². The van der Waals surface area contributed by atoms with Crippen LogP contribution in [-0.2, 0) is 11.3 Å². The number of nitrogens with one attached hydrogen (secondary N) is 1. The van der Waals surface area contributed by atoms with Crippen LogP contribution in [-0.4, -0.2) is 13.1 Å². The van der Waals surface area contributed by atoms with Gasteiger partial charge in [-0.1, -0.05) is 61.0 Å². The van der Waals surface area contributed by atoms with Gasteiger partial charge in [-0.25, -0.2) is 0 Å². The lowest BCUT2D eigenvalue weighted by Crippen LogP contribution is -2.23. The van der Waals surface area contributed by atoms with Crippen molar-refractivity contribution in [2.45, 2.75) is 19.6 Å². The maximum Gasteiger partial charge on any atom is 0.0953 e. The minimum atomic E-state index is 0.0510. The Bertz CT molecular complexity index is 515. The van der Waals surface area contributed by atoms with E-state index in [0.717, 1.165) is 23.7 Å². The maximum atomic E-state index is 6.05. The van der Waals surface area contributed by atoms with Crippen molar-refractivity contribution >= 4 is 11.6 Å². The van der Waals surface area contributed by atoms with E-state index < -0.39 is 0 Å². The van der Waals surface area contributed by atoms with Gasteiger partial charge in [0.15, 0.2) is 0 Å². The Balaban J connectivity index is 2.01. The predicted molar refractivity (Wildman–Crippen MR) is 84.0 cm³/mol. The van der Waals surface area contributed by atoms with E-state index in [9.17, 15) is 0 Å². The highest BCUT2D eigenvalue weighted by molar-refractivity contribution is 6.30. The summed E-state index contributed by atoms with van der Waals surface area (Å²) in [6, 6.07) is 18.1. The van der Waals surface area contributed by atoms with E-state index in [1.807, 2.05) is 42.5 Å². The van der Waals surface area contributed by atoms with Crippen LogP contribution in [0.25, 0.3) is 0 Å². The fraction of sp³-hybridized carbons (Fsp3) is 0.294. The molecule has 1 N–H and O–H groups in total. The number of rotatable bonds is 7. The lowest BCUT2D eigenvalue weighted by Gasteiger charge is -2.19. The third kappa shape index (κ3) is 4.64. The van der Waals surface area contributed by atoms with Crippen LogP contribution in [0.3, 0.4) is 0 Å². The summed E-state index contributed by atoms with van der Waals surface area (Å²) < 4.78 is 6.05. The number of halogens is 1. The van der Waals surface area contributed by atoms with Crippen molar-refractivity contribution in [3.63, 3.8) is 0 Å². The average molecular weight is 290 g/mol. The van der Waals surface area contributed by atoms with Crippen LogP contribution in [0.5, 0.6) is 0 Å². The smallest absolute Gasteiger partial charge is 0.0953 e. The van der Waals surface area contributed by atoms with Gasteiger partial charge in [-0.05, 0) is 29.8 Å². The number of hydrogen-bond donors (Lipinski definition) is 1.